The SMILES string of the molecule is [C]1=CC=CC1.[C]1=CC=CC1.[O-]c1c(Cl)c(Cl)c(Cl)c(Cl)c1O/C(=C1/Cc2ccccc2CC1=[C]c1ccccc1)c1ccccc1.[Zr]. The molecule has 0 saturated heterocycles. The number of halogens is 4. The van der Waals surface area contributed by atoms with E-state index in [0.717, 1.165) is 35.1 Å². The third-order valence-corrected chi connectivity index (χ3v) is 8.92. The van der Waals surface area contributed by atoms with E-state index in [1.165, 1.54) is 11.1 Å². The van der Waals surface area contributed by atoms with Crippen LogP contribution in [0.4, 0.5) is 0 Å². The van der Waals surface area contributed by atoms with Crippen LogP contribution in [-0.2, 0) is 39.0 Å². The standard InChI is InChI=1S/C30H19Cl4O2.2C5H5.Zr/c31-24-25(32)27(34)30(28(35)26(24)33)36-29(19-11-5-2-6-12-19)23-17-21-14-8-7-13-20(21)16-22(23)15-18-9-3-1-4-10-18;2*1-2-4-5-3-1;/h1-14,35H,16-17H2;2*1-3H,4H2;/p-1/b22-15?,29-23-;;;. The first-order valence-corrected chi connectivity index (χ1v) is 16.1. The molecule has 7 rings (SSSR count). The first-order chi connectivity index (χ1) is 22.4. The van der Waals surface area contributed by atoms with Crippen molar-refractivity contribution < 1.29 is 36.0 Å². The van der Waals surface area contributed by atoms with E-state index in [0.29, 0.717) is 18.6 Å². The Morgan fingerprint density at radius 2 is 1.19 bits per heavy atom. The van der Waals surface area contributed by atoms with Crippen LogP contribution in [-0.4, -0.2) is 0 Å². The normalized spacial score (nSPS) is 15.6. The van der Waals surface area contributed by atoms with Gasteiger partial charge in [-0.05, 0) is 65.5 Å². The molecule has 47 heavy (non-hydrogen) atoms. The summed E-state index contributed by atoms with van der Waals surface area (Å²) in [4.78, 5) is 0. The molecule has 2 nitrogen and oxygen atoms in total. The van der Waals surface area contributed by atoms with E-state index in [-0.39, 0.29) is 52.0 Å². The van der Waals surface area contributed by atoms with Gasteiger partial charge in [0.05, 0.1) is 15.1 Å². The Bertz CT molecular complexity index is 1790. The molecule has 3 aliphatic rings. The summed E-state index contributed by atoms with van der Waals surface area (Å²) in [5, 5.41) is 12.6. The van der Waals surface area contributed by atoms with Crippen LogP contribution < -0.4 is 9.84 Å². The second-order valence-corrected chi connectivity index (χ2v) is 11.8. The third-order valence-electron chi connectivity index (χ3n) is 7.16. The minimum Gasteiger partial charge on any atom is -0.869 e. The molecule has 233 valence electrons. The van der Waals surface area contributed by atoms with Gasteiger partial charge in [0, 0.05) is 43.8 Å². The minimum atomic E-state index is -0.626. The fraction of sp³-hybridized carbons (Fsp3) is 0.100. The number of rotatable bonds is 4. The molecule has 0 aliphatic heterocycles. The van der Waals surface area contributed by atoms with Gasteiger partial charge < -0.3 is 9.84 Å². The Morgan fingerprint density at radius 3 is 1.72 bits per heavy atom. The van der Waals surface area contributed by atoms with Gasteiger partial charge in [0.2, 0.25) is 0 Å². The van der Waals surface area contributed by atoms with Crippen molar-refractivity contribution >= 4 is 52.2 Å². The van der Waals surface area contributed by atoms with Crippen molar-refractivity contribution in [1.29, 1.82) is 0 Å². The first kappa shape index (κ1) is 36.8. The zero-order chi connectivity index (χ0) is 32.3. The van der Waals surface area contributed by atoms with Crippen LogP contribution in [0, 0.1) is 18.2 Å². The fourth-order valence-electron chi connectivity index (χ4n) is 4.88. The van der Waals surface area contributed by atoms with Crippen LogP contribution in [0.2, 0.25) is 20.1 Å². The summed E-state index contributed by atoms with van der Waals surface area (Å²) in [6.07, 6.45) is 24.8. The van der Waals surface area contributed by atoms with Crippen LogP contribution in [0.25, 0.3) is 5.76 Å². The fourth-order valence-corrected chi connectivity index (χ4v) is 5.74. The monoisotopic (exact) mass is 770 g/mol. The van der Waals surface area contributed by atoms with Crippen molar-refractivity contribution in [1.82, 2.24) is 0 Å². The molecule has 7 heteroatoms. The molecular weight excluding hydrogens is 745 g/mol. The van der Waals surface area contributed by atoms with E-state index >= 15 is 0 Å². The van der Waals surface area contributed by atoms with Crippen molar-refractivity contribution in [2.75, 3.05) is 0 Å². The van der Waals surface area contributed by atoms with Gasteiger partial charge in [-0.2, -0.15) is 0 Å². The predicted molar refractivity (Wildman–Crippen MR) is 189 cm³/mol. The molecule has 0 spiro atoms. The third kappa shape index (κ3) is 9.76. The summed E-state index contributed by atoms with van der Waals surface area (Å²) in [7, 11) is 0. The Hall–Kier alpha value is -3.04. The number of ether oxygens (including phenoxy) is 1. The van der Waals surface area contributed by atoms with E-state index in [9.17, 15) is 5.11 Å². The van der Waals surface area contributed by atoms with Crippen LogP contribution >= 0.6 is 46.4 Å². The Balaban J connectivity index is 0.000000387. The van der Waals surface area contributed by atoms with Crippen molar-refractivity contribution in [3.8, 4) is 11.5 Å². The number of hydrogen-bond donors (Lipinski definition) is 0. The van der Waals surface area contributed by atoms with Gasteiger partial charge in [0.1, 0.15) is 16.5 Å². The largest absolute Gasteiger partial charge is 0.869 e. The first-order valence-electron chi connectivity index (χ1n) is 14.6. The number of fused-ring (bicyclic) bond motifs is 1. The molecule has 4 aromatic carbocycles. The van der Waals surface area contributed by atoms with Crippen molar-refractivity contribution in [3.63, 3.8) is 0 Å². The van der Waals surface area contributed by atoms with Gasteiger partial charge in [0.25, 0.3) is 0 Å². The maximum absolute atomic E-state index is 13.1. The quantitative estimate of drug-likeness (QED) is 0.118. The van der Waals surface area contributed by atoms with Gasteiger partial charge in [-0.15, -0.1) is 0 Å². The zero-order valence-electron chi connectivity index (χ0n) is 25.2. The molecule has 0 bridgehead atoms. The maximum Gasteiger partial charge on any atom is 0.141 e. The van der Waals surface area contributed by atoms with Crippen molar-refractivity contribution in [2.45, 2.75) is 25.7 Å². The summed E-state index contributed by atoms with van der Waals surface area (Å²) in [5.74, 6) is -0.309. The number of hydrogen-bond acceptors (Lipinski definition) is 2. The molecule has 0 saturated carbocycles. The maximum atomic E-state index is 13.1. The predicted octanol–water partition coefficient (Wildman–Crippen LogP) is 11.3. The van der Waals surface area contributed by atoms with E-state index in [1.807, 2.05) is 97.1 Å². The second-order valence-electron chi connectivity index (χ2n) is 10.3. The summed E-state index contributed by atoms with van der Waals surface area (Å²) in [6, 6.07) is 27.7. The summed E-state index contributed by atoms with van der Waals surface area (Å²) < 4.78 is 6.35. The minimum absolute atomic E-state index is 0. The van der Waals surface area contributed by atoms with Gasteiger partial charge >= 0.3 is 0 Å². The molecule has 3 aliphatic carbocycles. The summed E-state index contributed by atoms with van der Waals surface area (Å²) in [6.45, 7) is 0. The number of allylic oxidation sites excluding steroid dienone is 10. The molecule has 0 fully saturated rings. The molecule has 3 radical (unpaired) electrons. The zero-order valence-corrected chi connectivity index (χ0v) is 30.7. The Labute approximate surface area is 316 Å². The van der Waals surface area contributed by atoms with Crippen LogP contribution in [0.5, 0.6) is 11.5 Å². The molecule has 0 heterocycles. The van der Waals surface area contributed by atoms with Crippen LogP contribution in [0.3, 0.4) is 0 Å². The average molecular weight is 774 g/mol. The van der Waals surface area contributed by atoms with Gasteiger partial charge in [-0.1, -0.05) is 168 Å². The van der Waals surface area contributed by atoms with Gasteiger partial charge in [-0.3, -0.25) is 0 Å². The van der Waals surface area contributed by atoms with E-state index in [4.69, 9.17) is 51.1 Å². The van der Waals surface area contributed by atoms with E-state index < -0.39 is 5.75 Å². The van der Waals surface area contributed by atoms with E-state index in [1.54, 1.807) is 0 Å². The van der Waals surface area contributed by atoms with Gasteiger partial charge in [0.15, 0.2) is 0 Å². The van der Waals surface area contributed by atoms with E-state index in [2.05, 4.69) is 42.5 Å². The van der Waals surface area contributed by atoms with Crippen LogP contribution in [0.1, 0.15) is 35.1 Å². The molecule has 0 aromatic heterocycles. The molecule has 0 amide bonds. The Kier molecular flexibility index (Phi) is 14.5. The molecular formula is C40H28Cl4O2Zr-. The second kappa shape index (κ2) is 18.5. The summed E-state index contributed by atoms with van der Waals surface area (Å²) in [5.41, 5.74) is 5.94. The number of benzene rings is 4. The smallest absolute Gasteiger partial charge is 0.141 e. The molecule has 0 atom stereocenters. The topological polar surface area (TPSA) is 32.3 Å². The summed E-state index contributed by atoms with van der Waals surface area (Å²) >= 11 is 25.0. The molecule has 0 unspecified atom stereocenters. The molecule has 4 aromatic rings. The van der Waals surface area contributed by atoms with Crippen molar-refractivity contribution in [2.24, 2.45) is 0 Å². The van der Waals surface area contributed by atoms with Crippen LogP contribution in [0.15, 0.2) is 133 Å². The molecule has 0 N–H and O–H groups in total. The van der Waals surface area contributed by atoms with Crippen molar-refractivity contribution in [3.05, 3.63) is 193 Å². The average Bonchev–Trinajstić information content (AvgIpc) is 3.88. The van der Waals surface area contributed by atoms with Gasteiger partial charge in [-0.25, -0.2) is 0 Å². The Morgan fingerprint density at radius 1 is 0.660 bits per heavy atom.